The Morgan fingerprint density at radius 2 is 1.97 bits per heavy atom. The smallest absolute Gasteiger partial charge is 0.279 e. The van der Waals surface area contributed by atoms with Crippen LogP contribution < -0.4 is 4.74 Å². The molecule has 0 aliphatic carbocycles. The van der Waals surface area contributed by atoms with Crippen molar-refractivity contribution in [3.05, 3.63) is 53.8 Å². The van der Waals surface area contributed by atoms with E-state index in [1.165, 1.54) is 29.7 Å². The Bertz CT molecular complexity index is 1160. The molecule has 0 radical (unpaired) electrons. The lowest BCUT2D eigenvalue weighted by atomic mass is 10.2. The van der Waals surface area contributed by atoms with Crippen molar-refractivity contribution in [3.8, 4) is 10.9 Å². The number of piperazine rings is 1. The molecule has 29 heavy (non-hydrogen) atoms. The third kappa shape index (κ3) is 3.75. The standard InChI is InChI=1S/C20H20FN3O3S2/c1-29(25,26)24-12-15-9-16(24)11-23(15)10-13-2-5-17(6-3-13)27-20-22-18-7-4-14(21)8-19(18)28-20/h2-8,15-16H,9-12H2,1H3/t15-,16-/m0/s1. The van der Waals surface area contributed by atoms with Crippen LogP contribution in [-0.2, 0) is 16.6 Å². The zero-order valence-corrected chi connectivity index (χ0v) is 17.4. The molecule has 6 nitrogen and oxygen atoms in total. The lowest BCUT2D eigenvalue weighted by molar-refractivity contribution is 0.175. The molecular formula is C20H20FN3O3S2. The summed E-state index contributed by atoms with van der Waals surface area (Å²) in [6.45, 7) is 2.15. The summed E-state index contributed by atoms with van der Waals surface area (Å²) in [5.41, 5.74) is 1.87. The first-order chi connectivity index (χ1) is 13.8. The number of likely N-dealkylation sites (tertiary alicyclic amines) is 1. The minimum absolute atomic E-state index is 0.0986. The Kier molecular flexibility index (Phi) is 4.58. The maximum absolute atomic E-state index is 13.3. The van der Waals surface area contributed by atoms with Gasteiger partial charge >= 0.3 is 0 Å². The topological polar surface area (TPSA) is 62.7 Å². The fourth-order valence-electron chi connectivity index (χ4n) is 4.23. The minimum Gasteiger partial charge on any atom is -0.431 e. The molecule has 0 saturated carbocycles. The molecule has 2 aliphatic rings. The number of halogens is 1. The predicted molar refractivity (Wildman–Crippen MR) is 110 cm³/mol. The van der Waals surface area contributed by atoms with Crippen LogP contribution in [0.3, 0.4) is 0 Å². The number of ether oxygens (including phenoxy) is 1. The van der Waals surface area contributed by atoms with E-state index in [1.54, 1.807) is 10.4 Å². The average Bonchev–Trinajstić information content (AvgIpc) is 3.36. The van der Waals surface area contributed by atoms with Crippen molar-refractivity contribution < 1.29 is 17.5 Å². The number of hydrogen-bond donors (Lipinski definition) is 0. The normalized spacial score (nSPS) is 22.6. The first kappa shape index (κ1) is 18.9. The van der Waals surface area contributed by atoms with Gasteiger partial charge in [-0.3, -0.25) is 4.90 Å². The zero-order valence-electron chi connectivity index (χ0n) is 15.8. The highest BCUT2D eigenvalue weighted by atomic mass is 32.2. The molecule has 2 saturated heterocycles. The van der Waals surface area contributed by atoms with Crippen molar-refractivity contribution in [2.24, 2.45) is 0 Å². The van der Waals surface area contributed by atoms with Crippen LogP contribution in [0.4, 0.5) is 4.39 Å². The molecular weight excluding hydrogens is 413 g/mol. The van der Waals surface area contributed by atoms with Gasteiger partial charge in [0.1, 0.15) is 11.6 Å². The molecule has 3 heterocycles. The highest BCUT2D eigenvalue weighted by Crippen LogP contribution is 2.34. The summed E-state index contributed by atoms with van der Waals surface area (Å²) in [5, 5.41) is 0.482. The van der Waals surface area contributed by atoms with Gasteiger partial charge < -0.3 is 4.74 Å². The number of aromatic nitrogens is 1. The highest BCUT2D eigenvalue weighted by Gasteiger charge is 2.46. The minimum atomic E-state index is -3.11. The van der Waals surface area contributed by atoms with E-state index in [1.807, 2.05) is 24.3 Å². The molecule has 0 spiro atoms. The maximum Gasteiger partial charge on any atom is 0.279 e. The quantitative estimate of drug-likeness (QED) is 0.617. The van der Waals surface area contributed by atoms with Crippen LogP contribution in [-0.4, -0.2) is 54.0 Å². The second-order valence-corrected chi connectivity index (χ2v) is 10.6. The summed E-state index contributed by atoms with van der Waals surface area (Å²) in [4.78, 5) is 6.73. The Balaban J connectivity index is 1.23. The van der Waals surface area contributed by atoms with Crippen molar-refractivity contribution in [3.63, 3.8) is 0 Å². The SMILES string of the molecule is CS(=O)(=O)N1C[C@@H]2C[C@H]1CN2Cc1ccc(Oc2nc3ccc(F)cc3s2)cc1. The summed E-state index contributed by atoms with van der Waals surface area (Å²) in [6.07, 6.45) is 2.20. The van der Waals surface area contributed by atoms with E-state index in [0.29, 0.717) is 17.5 Å². The molecule has 2 aromatic carbocycles. The molecule has 2 fully saturated rings. The second kappa shape index (κ2) is 7.02. The van der Waals surface area contributed by atoms with Crippen LogP contribution in [0.25, 0.3) is 10.2 Å². The summed E-state index contributed by atoms with van der Waals surface area (Å²) >= 11 is 1.31. The Labute approximate surface area is 172 Å². The molecule has 0 amide bonds. The predicted octanol–water partition coefficient (Wildman–Crippen LogP) is 3.45. The summed E-state index contributed by atoms with van der Waals surface area (Å²) in [5.74, 6) is 0.395. The van der Waals surface area contributed by atoms with Crippen LogP contribution in [0.15, 0.2) is 42.5 Å². The van der Waals surface area contributed by atoms with E-state index in [9.17, 15) is 12.8 Å². The average molecular weight is 434 g/mol. The van der Waals surface area contributed by atoms with Crippen molar-refractivity contribution in [1.29, 1.82) is 0 Å². The lowest BCUT2D eigenvalue weighted by Crippen LogP contribution is -2.47. The summed E-state index contributed by atoms with van der Waals surface area (Å²) in [7, 11) is -3.11. The van der Waals surface area contributed by atoms with E-state index in [-0.39, 0.29) is 17.9 Å². The van der Waals surface area contributed by atoms with Crippen LogP contribution in [0.1, 0.15) is 12.0 Å². The van der Waals surface area contributed by atoms with Crippen LogP contribution in [0.5, 0.6) is 10.9 Å². The van der Waals surface area contributed by atoms with Gasteiger partial charge in [-0.1, -0.05) is 23.5 Å². The molecule has 2 atom stereocenters. The van der Waals surface area contributed by atoms with Crippen molar-refractivity contribution >= 4 is 31.6 Å². The van der Waals surface area contributed by atoms with Gasteiger partial charge in [0.15, 0.2) is 0 Å². The fraction of sp³-hybridized carbons (Fsp3) is 0.350. The van der Waals surface area contributed by atoms with Crippen molar-refractivity contribution in [1.82, 2.24) is 14.2 Å². The Morgan fingerprint density at radius 1 is 1.17 bits per heavy atom. The number of benzene rings is 2. The van der Waals surface area contributed by atoms with E-state index in [4.69, 9.17) is 4.74 Å². The molecule has 5 rings (SSSR count). The van der Waals surface area contributed by atoms with Gasteiger partial charge in [-0.25, -0.2) is 17.8 Å². The summed E-state index contributed by atoms with van der Waals surface area (Å²) < 4.78 is 45.2. The third-order valence-electron chi connectivity index (χ3n) is 5.57. The molecule has 0 unspecified atom stereocenters. The first-order valence-electron chi connectivity index (χ1n) is 9.39. The Morgan fingerprint density at radius 3 is 2.66 bits per heavy atom. The highest BCUT2D eigenvalue weighted by molar-refractivity contribution is 7.88. The fourth-order valence-corrected chi connectivity index (χ4v) is 6.23. The van der Waals surface area contributed by atoms with Gasteiger partial charge in [0.05, 0.1) is 16.5 Å². The van der Waals surface area contributed by atoms with Gasteiger partial charge in [-0.05, 0) is 42.3 Å². The monoisotopic (exact) mass is 433 g/mol. The van der Waals surface area contributed by atoms with Crippen LogP contribution in [0, 0.1) is 5.82 Å². The Hall–Kier alpha value is -2.07. The first-order valence-corrected chi connectivity index (χ1v) is 12.1. The van der Waals surface area contributed by atoms with E-state index < -0.39 is 10.0 Å². The van der Waals surface area contributed by atoms with Gasteiger partial charge in [-0.15, -0.1) is 0 Å². The van der Waals surface area contributed by atoms with Crippen molar-refractivity contribution in [2.75, 3.05) is 19.3 Å². The van der Waals surface area contributed by atoms with Gasteiger partial charge in [0.2, 0.25) is 10.0 Å². The van der Waals surface area contributed by atoms with Crippen LogP contribution in [0.2, 0.25) is 0 Å². The molecule has 2 aliphatic heterocycles. The van der Waals surface area contributed by atoms with E-state index in [2.05, 4.69) is 9.88 Å². The van der Waals surface area contributed by atoms with E-state index in [0.717, 1.165) is 35.3 Å². The maximum atomic E-state index is 13.3. The number of thiazole rings is 1. The molecule has 2 bridgehead atoms. The van der Waals surface area contributed by atoms with Gasteiger partial charge in [0.25, 0.3) is 5.19 Å². The van der Waals surface area contributed by atoms with E-state index >= 15 is 0 Å². The third-order valence-corrected chi connectivity index (χ3v) is 7.77. The second-order valence-electron chi connectivity index (χ2n) is 7.64. The van der Waals surface area contributed by atoms with Gasteiger partial charge in [-0.2, -0.15) is 4.31 Å². The molecule has 152 valence electrons. The van der Waals surface area contributed by atoms with Crippen LogP contribution >= 0.6 is 11.3 Å². The number of nitrogens with zero attached hydrogens (tertiary/aromatic N) is 3. The molecule has 9 heteroatoms. The zero-order chi connectivity index (χ0) is 20.2. The molecule has 3 aromatic rings. The largest absolute Gasteiger partial charge is 0.431 e. The number of sulfonamides is 1. The number of hydrogen-bond acceptors (Lipinski definition) is 6. The lowest BCUT2D eigenvalue weighted by Gasteiger charge is -2.32. The number of rotatable bonds is 5. The van der Waals surface area contributed by atoms with Crippen molar-refractivity contribution in [2.45, 2.75) is 25.0 Å². The van der Waals surface area contributed by atoms with Gasteiger partial charge in [0, 0.05) is 31.7 Å². The number of fused-ring (bicyclic) bond motifs is 3. The molecule has 0 N–H and O–H groups in total. The summed E-state index contributed by atoms with van der Waals surface area (Å²) in [6, 6.07) is 12.7. The molecule has 1 aromatic heterocycles.